The van der Waals surface area contributed by atoms with E-state index < -0.39 is 16.3 Å². The molecule has 2 aromatic rings. The molecule has 0 atom stereocenters. The number of nitro benzene ring substituents is 1. The first-order valence-corrected chi connectivity index (χ1v) is 6.21. The third-order valence-electron chi connectivity index (χ3n) is 2.70. The van der Waals surface area contributed by atoms with Gasteiger partial charge in [-0.3, -0.25) is 19.7 Å². The number of pyridine rings is 1. The van der Waals surface area contributed by atoms with Crippen molar-refractivity contribution in [3.05, 3.63) is 67.1 Å². The van der Waals surface area contributed by atoms with Crippen LogP contribution in [0.1, 0.15) is 16.1 Å². The number of aromatic amines is 1. The Bertz CT molecular complexity index is 785. The molecule has 7 nitrogen and oxygen atoms in total. The zero-order valence-electron chi connectivity index (χ0n) is 10.8. The number of halogens is 1. The third-order valence-corrected chi connectivity index (χ3v) is 3.01. The minimum Gasteiger partial charge on any atom is -0.364 e. The van der Waals surface area contributed by atoms with Crippen molar-refractivity contribution in [3.63, 3.8) is 0 Å². The van der Waals surface area contributed by atoms with Gasteiger partial charge in [0.25, 0.3) is 11.6 Å². The van der Waals surface area contributed by atoms with Crippen molar-refractivity contribution < 1.29 is 9.72 Å². The molecule has 0 fully saturated rings. The Balaban J connectivity index is 2.26. The quantitative estimate of drug-likeness (QED) is 0.671. The maximum absolute atomic E-state index is 12.0. The van der Waals surface area contributed by atoms with Crippen LogP contribution in [0, 0.1) is 17.0 Å². The highest BCUT2D eigenvalue weighted by Crippen LogP contribution is 2.27. The number of hydrogen-bond donors (Lipinski definition) is 2. The summed E-state index contributed by atoms with van der Waals surface area (Å²) in [6.07, 6.45) is 1.31. The number of rotatable bonds is 3. The van der Waals surface area contributed by atoms with Crippen molar-refractivity contribution in [3.8, 4) is 0 Å². The number of aryl methyl sites for hydroxylation is 1. The van der Waals surface area contributed by atoms with Crippen LogP contribution in [-0.2, 0) is 0 Å². The number of carbonyl (C=O) groups excluding carboxylic acids is 1. The highest BCUT2D eigenvalue weighted by atomic mass is 35.5. The molecular weight excluding hydrogens is 298 g/mol. The fraction of sp³-hybridized carbons (Fsp3) is 0.0769. The Hall–Kier alpha value is -2.67. The molecule has 2 rings (SSSR count). The van der Waals surface area contributed by atoms with Crippen molar-refractivity contribution in [2.45, 2.75) is 6.92 Å². The van der Waals surface area contributed by atoms with Crippen molar-refractivity contribution in [2.24, 2.45) is 0 Å². The first-order valence-electron chi connectivity index (χ1n) is 5.83. The van der Waals surface area contributed by atoms with Gasteiger partial charge in [0.05, 0.1) is 4.92 Å². The van der Waals surface area contributed by atoms with E-state index in [2.05, 4.69) is 10.3 Å². The van der Waals surface area contributed by atoms with Crippen LogP contribution < -0.4 is 10.7 Å². The predicted molar refractivity (Wildman–Crippen MR) is 77.9 cm³/mol. The second-order valence-electron chi connectivity index (χ2n) is 4.27. The van der Waals surface area contributed by atoms with Crippen LogP contribution in [0.5, 0.6) is 0 Å². The summed E-state index contributed by atoms with van der Waals surface area (Å²) in [7, 11) is 0. The minimum atomic E-state index is -0.626. The SMILES string of the molecule is Cc1cc(=O)c(C(=O)Nc2ccc([N+](=O)[O-])c(Cl)c2)c[nH]1. The van der Waals surface area contributed by atoms with E-state index in [-0.39, 0.29) is 22.0 Å². The molecule has 1 aromatic heterocycles. The van der Waals surface area contributed by atoms with Crippen molar-refractivity contribution in [1.29, 1.82) is 0 Å². The molecule has 0 aliphatic rings. The monoisotopic (exact) mass is 307 g/mol. The van der Waals surface area contributed by atoms with E-state index in [4.69, 9.17) is 11.6 Å². The summed E-state index contributed by atoms with van der Waals surface area (Å²) in [6, 6.07) is 5.07. The standard InChI is InChI=1S/C13H10ClN3O4/c1-7-4-12(18)9(6-15-7)13(19)16-8-2-3-11(17(20)21)10(14)5-8/h2-6H,1H3,(H,15,18)(H,16,19). The average molecular weight is 308 g/mol. The zero-order valence-corrected chi connectivity index (χ0v) is 11.6. The Morgan fingerprint density at radius 2 is 2.10 bits per heavy atom. The molecule has 108 valence electrons. The number of carbonyl (C=O) groups is 1. The number of H-pyrrole nitrogens is 1. The van der Waals surface area contributed by atoms with E-state index in [0.717, 1.165) is 0 Å². The molecular formula is C13H10ClN3O4. The van der Waals surface area contributed by atoms with E-state index in [9.17, 15) is 19.7 Å². The van der Waals surface area contributed by atoms with Crippen LogP contribution in [0.3, 0.4) is 0 Å². The molecule has 2 N–H and O–H groups in total. The van der Waals surface area contributed by atoms with Crippen molar-refractivity contribution in [1.82, 2.24) is 4.98 Å². The van der Waals surface area contributed by atoms with Crippen LogP contribution >= 0.6 is 11.6 Å². The topological polar surface area (TPSA) is 105 Å². The maximum Gasteiger partial charge on any atom is 0.288 e. The Kier molecular flexibility index (Phi) is 4.04. The van der Waals surface area contributed by atoms with Gasteiger partial charge in [0, 0.05) is 29.7 Å². The summed E-state index contributed by atoms with van der Waals surface area (Å²) in [6.45, 7) is 1.69. The first kappa shape index (κ1) is 14.7. The minimum absolute atomic E-state index is 0.0601. The molecule has 0 bridgehead atoms. The van der Waals surface area contributed by atoms with Gasteiger partial charge in [0.2, 0.25) is 0 Å². The molecule has 21 heavy (non-hydrogen) atoms. The molecule has 1 heterocycles. The molecule has 0 saturated heterocycles. The number of amides is 1. The van der Waals surface area contributed by atoms with Gasteiger partial charge in [0.15, 0.2) is 5.43 Å². The second-order valence-corrected chi connectivity index (χ2v) is 4.68. The molecule has 0 unspecified atom stereocenters. The number of benzene rings is 1. The lowest BCUT2D eigenvalue weighted by Gasteiger charge is -2.05. The average Bonchev–Trinajstić information content (AvgIpc) is 2.37. The lowest BCUT2D eigenvalue weighted by Crippen LogP contribution is -2.21. The fourth-order valence-electron chi connectivity index (χ4n) is 1.68. The number of nitrogens with one attached hydrogen (secondary N) is 2. The van der Waals surface area contributed by atoms with Crippen LogP contribution in [0.2, 0.25) is 5.02 Å². The Morgan fingerprint density at radius 1 is 1.38 bits per heavy atom. The lowest BCUT2D eigenvalue weighted by molar-refractivity contribution is -0.384. The molecule has 8 heteroatoms. The van der Waals surface area contributed by atoms with Gasteiger partial charge in [-0.1, -0.05) is 11.6 Å². The summed E-state index contributed by atoms with van der Waals surface area (Å²) >= 11 is 5.75. The molecule has 0 spiro atoms. The van der Waals surface area contributed by atoms with Gasteiger partial charge in [-0.15, -0.1) is 0 Å². The molecule has 0 radical (unpaired) electrons. The second kappa shape index (κ2) is 5.76. The van der Waals surface area contributed by atoms with Gasteiger partial charge in [-0.2, -0.15) is 0 Å². The Labute approximate surface area is 123 Å². The van der Waals surface area contributed by atoms with Crippen LogP contribution in [0.4, 0.5) is 11.4 Å². The molecule has 0 saturated carbocycles. The zero-order chi connectivity index (χ0) is 15.6. The number of aromatic nitrogens is 1. The summed E-state index contributed by atoms with van der Waals surface area (Å²) in [4.78, 5) is 36.4. The molecule has 0 aliphatic carbocycles. The van der Waals surface area contributed by atoms with Gasteiger partial charge in [0.1, 0.15) is 10.6 Å². The van der Waals surface area contributed by atoms with Crippen LogP contribution in [-0.4, -0.2) is 15.8 Å². The molecule has 0 aliphatic heterocycles. The summed E-state index contributed by atoms with van der Waals surface area (Å²) in [5.41, 5.74) is 0.153. The van der Waals surface area contributed by atoms with E-state index in [0.29, 0.717) is 5.69 Å². The number of hydrogen-bond acceptors (Lipinski definition) is 4. The number of nitro groups is 1. The third kappa shape index (κ3) is 3.26. The van der Waals surface area contributed by atoms with Gasteiger partial charge in [-0.05, 0) is 19.1 Å². The van der Waals surface area contributed by atoms with Gasteiger partial charge >= 0.3 is 0 Å². The lowest BCUT2D eigenvalue weighted by atomic mass is 10.2. The van der Waals surface area contributed by atoms with E-state index in [1.807, 2.05) is 0 Å². The van der Waals surface area contributed by atoms with Crippen molar-refractivity contribution >= 4 is 28.9 Å². The van der Waals surface area contributed by atoms with E-state index in [1.165, 1.54) is 30.5 Å². The first-order chi connectivity index (χ1) is 9.88. The fourth-order valence-corrected chi connectivity index (χ4v) is 1.93. The largest absolute Gasteiger partial charge is 0.364 e. The molecule has 1 amide bonds. The predicted octanol–water partition coefficient (Wildman–Crippen LogP) is 2.50. The highest BCUT2D eigenvalue weighted by Gasteiger charge is 2.15. The van der Waals surface area contributed by atoms with Crippen molar-refractivity contribution in [2.75, 3.05) is 5.32 Å². The number of nitrogens with zero attached hydrogens (tertiary/aromatic N) is 1. The maximum atomic E-state index is 12.0. The van der Waals surface area contributed by atoms with E-state index >= 15 is 0 Å². The van der Waals surface area contributed by atoms with Crippen LogP contribution in [0.25, 0.3) is 0 Å². The normalized spacial score (nSPS) is 10.2. The molecule has 1 aromatic carbocycles. The van der Waals surface area contributed by atoms with Crippen LogP contribution in [0.15, 0.2) is 35.3 Å². The van der Waals surface area contributed by atoms with Gasteiger partial charge < -0.3 is 10.3 Å². The summed E-state index contributed by atoms with van der Waals surface area (Å²) in [5.74, 6) is -0.624. The smallest absolute Gasteiger partial charge is 0.288 e. The summed E-state index contributed by atoms with van der Waals surface area (Å²) < 4.78 is 0. The Morgan fingerprint density at radius 3 is 2.67 bits per heavy atom. The highest BCUT2D eigenvalue weighted by molar-refractivity contribution is 6.33. The summed E-state index contributed by atoms with van der Waals surface area (Å²) in [5, 5.41) is 13.0. The number of anilines is 1. The van der Waals surface area contributed by atoms with E-state index in [1.54, 1.807) is 6.92 Å². The van der Waals surface area contributed by atoms with Gasteiger partial charge in [-0.25, -0.2) is 0 Å².